The zero-order valence-electron chi connectivity index (χ0n) is 11.7. The first kappa shape index (κ1) is 14.3. The summed E-state index contributed by atoms with van der Waals surface area (Å²) in [4.78, 5) is 23.2. The summed E-state index contributed by atoms with van der Waals surface area (Å²) in [6.45, 7) is 1.69. The molecule has 108 valence electrons. The fraction of sp³-hybridized carbons (Fsp3) is 0.500. The SMILES string of the molecule is Cn1cc(/C=C/C(=O)NC2CCCC2(C)C(=O)O)cn1. The Balaban J connectivity index is 1.98. The Morgan fingerprint density at radius 1 is 1.60 bits per heavy atom. The molecule has 0 bridgehead atoms. The van der Waals surface area contributed by atoms with Gasteiger partial charge in [0.25, 0.3) is 0 Å². The van der Waals surface area contributed by atoms with E-state index in [4.69, 9.17) is 0 Å². The second-order valence-electron chi connectivity index (χ2n) is 5.46. The molecule has 1 saturated carbocycles. The average Bonchev–Trinajstić information content (AvgIpc) is 2.95. The standard InChI is InChI=1S/C14H19N3O3/c1-14(13(19)20)7-3-4-11(14)16-12(18)6-5-10-8-15-17(2)9-10/h5-6,8-9,11H,3-4,7H2,1-2H3,(H,16,18)(H,19,20)/b6-5+. The zero-order valence-corrected chi connectivity index (χ0v) is 11.7. The number of aryl methyl sites for hydroxylation is 1. The maximum atomic E-state index is 11.9. The van der Waals surface area contributed by atoms with E-state index >= 15 is 0 Å². The van der Waals surface area contributed by atoms with Crippen molar-refractivity contribution in [2.75, 3.05) is 0 Å². The molecule has 2 atom stereocenters. The highest BCUT2D eigenvalue weighted by atomic mass is 16.4. The molecule has 0 spiro atoms. The number of nitrogens with zero attached hydrogens (tertiary/aromatic N) is 2. The number of nitrogens with one attached hydrogen (secondary N) is 1. The second-order valence-corrected chi connectivity index (χ2v) is 5.46. The van der Waals surface area contributed by atoms with Crippen LogP contribution in [0.5, 0.6) is 0 Å². The monoisotopic (exact) mass is 277 g/mol. The lowest BCUT2D eigenvalue weighted by Crippen LogP contribution is -2.46. The van der Waals surface area contributed by atoms with Gasteiger partial charge in [0.05, 0.1) is 11.6 Å². The van der Waals surface area contributed by atoms with Gasteiger partial charge in [0, 0.05) is 30.9 Å². The fourth-order valence-electron chi connectivity index (χ4n) is 2.57. The number of carbonyl (C=O) groups excluding carboxylic acids is 1. The lowest BCUT2D eigenvalue weighted by Gasteiger charge is -2.27. The molecule has 1 aliphatic rings. The largest absolute Gasteiger partial charge is 0.481 e. The zero-order chi connectivity index (χ0) is 14.8. The quantitative estimate of drug-likeness (QED) is 0.810. The third kappa shape index (κ3) is 2.89. The van der Waals surface area contributed by atoms with Crippen LogP contribution in [0.25, 0.3) is 6.08 Å². The Morgan fingerprint density at radius 2 is 2.35 bits per heavy atom. The molecule has 1 aromatic heterocycles. The van der Waals surface area contributed by atoms with Gasteiger partial charge in [-0.25, -0.2) is 0 Å². The van der Waals surface area contributed by atoms with Crippen LogP contribution in [0.2, 0.25) is 0 Å². The van der Waals surface area contributed by atoms with Crippen LogP contribution >= 0.6 is 0 Å². The molecule has 1 amide bonds. The van der Waals surface area contributed by atoms with Crippen molar-refractivity contribution >= 4 is 18.0 Å². The average molecular weight is 277 g/mol. The van der Waals surface area contributed by atoms with E-state index in [0.29, 0.717) is 12.8 Å². The summed E-state index contributed by atoms with van der Waals surface area (Å²) >= 11 is 0. The highest BCUT2D eigenvalue weighted by molar-refractivity contribution is 5.92. The lowest BCUT2D eigenvalue weighted by molar-refractivity contribution is -0.148. The predicted molar refractivity (Wildman–Crippen MR) is 73.8 cm³/mol. The van der Waals surface area contributed by atoms with Crippen LogP contribution in [-0.4, -0.2) is 32.8 Å². The molecule has 2 rings (SSSR count). The van der Waals surface area contributed by atoms with Crippen LogP contribution in [-0.2, 0) is 16.6 Å². The molecule has 1 aromatic rings. The van der Waals surface area contributed by atoms with Crippen molar-refractivity contribution in [3.05, 3.63) is 24.0 Å². The Labute approximate surface area is 117 Å². The molecule has 1 fully saturated rings. The van der Waals surface area contributed by atoms with Gasteiger partial charge in [0.15, 0.2) is 0 Å². The Kier molecular flexibility index (Phi) is 3.92. The van der Waals surface area contributed by atoms with Gasteiger partial charge in [-0.15, -0.1) is 0 Å². The van der Waals surface area contributed by atoms with Gasteiger partial charge in [0.2, 0.25) is 5.91 Å². The molecule has 0 saturated heterocycles. The fourth-order valence-corrected chi connectivity index (χ4v) is 2.57. The topological polar surface area (TPSA) is 84.2 Å². The van der Waals surface area contributed by atoms with Crippen molar-refractivity contribution < 1.29 is 14.7 Å². The predicted octanol–water partition coefficient (Wildman–Crippen LogP) is 1.19. The second kappa shape index (κ2) is 5.48. The van der Waals surface area contributed by atoms with E-state index in [2.05, 4.69) is 10.4 Å². The highest BCUT2D eigenvalue weighted by Gasteiger charge is 2.45. The van der Waals surface area contributed by atoms with Crippen molar-refractivity contribution in [2.24, 2.45) is 12.5 Å². The Morgan fingerprint density at radius 3 is 2.95 bits per heavy atom. The summed E-state index contributed by atoms with van der Waals surface area (Å²) in [5.41, 5.74) is -0.0345. The van der Waals surface area contributed by atoms with Gasteiger partial charge >= 0.3 is 5.97 Å². The minimum atomic E-state index is -0.863. The van der Waals surface area contributed by atoms with Gasteiger partial charge in [-0.2, -0.15) is 5.10 Å². The minimum Gasteiger partial charge on any atom is -0.481 e. The number of rotatable bonds is 4. The maximum Gasteiger partial charge on any atom is 0.311 e. The number of aromatic nitrogens is 2. The first-order chi connectivity index (χ1) is 9.41. The molecule has 6 heteroatoms. The normalized spacial score (nSPS) is 26.0. The number of carboxylic acids is 1. The van der Waals surface area contributed by atoms with E-state index in [0.717, 1.165) is 12.0 Å². The van der Waals surface area contributed by atoms with Crippen LogP contribution in [0.4, 0.5) is 0 Å². The van der Waals surface area contributed by atoms with Crippen molar-refractivity contribution in [3.63, 3.8) is 0 Å². The first-order valence-electron chi connectivity index (χ1n) is 6.62. The Hall–Kier alpha value is -2.11. The van der Waals surface area contributed by atoms with Gasteiger partial charge < -0.3 is 10.4 Å². The molecular weight excluding hydrogens is 258 g/mol. The third-order valence-corrected chi connectivity index (χ3v) is 3.92. The maximum absolute atomic E-state index is 11.9. The molecule has 2 unspecified atom stereocenters. The highest BCUT2D eigenvalue weighted by Crippen LogP contribution is 2.38. The van der Waals surface area contributed by atoms with Gasteiger partial charge in [-0.05, 0) is 25.8 Å². The van der Waals surface area contributed by atoms with Crippen LogP contribution in [0, 0.1) is 5.41 Å². The first-order valence-corrected chi connectivity index (χ1v) is 6.62. The molecule has 20 heavy (non-hydrogen) atoms. The van der Waals surface area contributed by atoms with Gasteiger partial charge in [-0.3, -0.25) is 14.3 Å². The molecule has 0 aromatic carbocycles. The van der Waals surface area contributed by atoms with Gasteiger partial charge in [0.1, 0.15) is 0 Å². The molecule has 0 aliphatic heterocycles. The number of amides is 1. The number of hydrogen-bond acceptors (Lipinski definition) is 3. The smallest absolute Gasteiger partial charge is 0.311 e. The van der Waals surface area contributed by atoms with E-state index in [-0.39, 0.29) is 11.9 Å². The molecule has 1 aliphatic carbocycles. The van der Waals surface area contributed by atoms with Crippen molar-refractivity contribution in [3.8, 4) is 0 Å². The molecule has 0 radical (unpaired) electrons. The summed E-state index contributed by atoms with van der Waals surface area (Å²) in [5.74, 6) is -1.12. The summed E-state index contributed by atoms with van der Waals surface area (Å²) < 4.78 is 1.65. The molecular formula is C14H19N3O3. The number of carboxylic acid groups (broad SMARTS) is 1. The molecule has 1 heterocycles. The van der Waals surface area contributed by atoms with E-state index in [1.165, 1.54) is 6.08 Å². The van der Waals surface area contributed by atoms with E-state index < -0.39 is 11.4 Å². The van der Waals surface area contributed by atoms with Crippen molar-refractivity contribution in [1.82, 2.24) is 15.1 Å². The minimum absolute atomic E-state index is 0.270. The van der Waals surface area contributed by atoms with Crippen LogP contribution in [0.1, 0.15) is 31.7 Å². The van der Waals surface area contributed by atoms with Crippen molar-refractivity contribution in [2.45, 2.75) is 32.2 Å². The third-order valence-electron chi connectivity index (χ3n) is 3.92. The molecule has 2 N–H and O–H groups in total. The summed E-state index contributed by atoms with van der Waals surface area (Å²) in [6, 6.07) is -0.314. The lowest BCUT2D eigenvalue weighted by atomic mass is 9.85. The van der Waals surface area contributed by atoms with Crippen LogP contribution in [0.3, 0.4) is 0 Å². The van der Waals surface area contributed by atoms with E-state index in [1.807, 2.05) is 0 Å². The van der Waals surface area contributed by atoms with E-state index in [9.17, 15) is 14.7 Å². The van der Waals surface area contributed by atoms with Crippen LogP contribution < -0.4 is 5.32 Å². The van der Waals surface area contributed by atoms with Crippen molar-refractivity contribution in [1.29, 1.82) is 0 Å². The number of aliphatic carboxylic acids is 1. The summed E-state index contributed by atoms with van der Waals surface area (Å²) in [7, 11) is 1.80. The number of hydrogen-bond donors (Lipinski definition) is 2. The number of carbonyl (C=O) groups is 2. The summed E-state index contributed by atoms with van der Waals surface area (Å²) in [6.07, 6.45) is 8.64. The van der Waals surface area contributed by atoms with Crippen LogP contribution in [0.15, 0.2) is 18.5 Å². The van der Waals surface area contributed by atoms with E-state index in [1.54, 1.807) is 37.1 Å². The molecule has 6 nitrogen and oxygen atoms in total. The van der Waals surface area contributed by atoms with Gasteiger partial charge in [-0.1, -0.05) is 6.42 Å². The Bertz CT molecular complexity index is 550. The summed E-state index contributed by atoms with van der Waals surface area (Å²) in [5, 5.41) is 16.1.